The Kier molecular flexibility index (Phi) is 5.17. The Hall–Kier alpha value is -1.51. The number of β-amino-alcohol motifs (C(OH)–C–C–N with tert-alkyl or cyclic N) is 1. The molecule has 1 N–H and O–H groups in total. The molecule has 3 heterocycles. The maximum absolute atomic E-state index is 12.4. The summed E-state index contributed by atoms with van der Waals surface area (Å²) < 4.78 is 7.04. The van der Waals surface area contributed by atoms with Gasteiger partial charge in [-0.1, -0.05) is 5.21 Å². The van der Waals surface area contributed by atoms with Crippen LogP contribution in [0.3, 0.4) is 0 Å². The van der Waals surface area contributed by atoms with E-state index in [1.807, 2.05) is 29.8 Å². The van der Waals surface area contributed by atoms with E-state index in [9.17, 15) is 9.90 Å². The summed E-state index contributed by atoms with van der Waals surface area (Å²) in [6, 6.07) is 0.206. The van der Waals surface area contributed by atoms with Gasteiger partial charge in [0.1, 0.15) is 11.3 Å². The van der Waals surface area contributed by atoms with Crippen molar-refractivity contribution in [1.29, 1.82) is 0 Å². The maximum Gasteiger partial charge on any atom is 0.236 e. The number of amides is 1. The van der Waals surface area contributed by atoms with E-state index < -0.39 is 5.60 Å². The van der Waals surface area contributed by atoms with Crippen LogP contribution < -0.4 is 0 Å². The SMILES string of the molecule is CC(C)n1cc([C@@]2(O)CCCN(CC(=O)N3CCOCC3)C2)nn1. The van der Waals surface area contributed by atoms with Gasteiger partial charge in [0.05, 0.1) is 26.0 Å². The molecule has 8 nitrogen and oxygen atoms in total. The molecule has 1 atom stereocenters. The summed E-state index contributed by atoms with van der Waals surface area (Å²) >= 11 is 0. The second kappa shape index (κ2) is 7.16. The van der Waals surface area contributed by atoms with Crippen molar-refractivity contribution < 1.29 is 14.6 Å². The lowest BCUT2D eigenvalue weighted by Crippen LogP contribution is -2.51. The maximum atomic E-state index is 12.4. The number of nitrogens with zero attached hydrogens (tertiary/aromatic N) is 5. The number of morpholine rings is 1. The van der Waals surface area contributed by atoms with Crippen LogP contribution in [0.15, 0.2) is 6.20 Å². The van der Waals surface area contributed by atoms with Gasteiger partial charge in [-0.25, -0.2) is 4.68 Å². The Balaban J connectivity index is 1.63. The van der Waals surface area contributed by atoms with Crippen molar-refractivity contribution in [2.24, 2.45) is 0 Å². The predicted molar refractivity (Wildman–Crippen MR) is 87.4 cm³/mol. The Morgan fingerprint density at radius 1 is 1.38 bits per heavy atom. The normalized spacial score (nSPS) is 26.1. The van der Waals surface area contributed by atoms with Gasteiger partial charge in [-0.2, -0.15) is 0 Å². The predicted octanol–water partition coefficient (Wildman–Crippen LogP) is 0.00120. The number of rotatable bonds is 4. The number of piperidine rings is 1. The molecule has 2 aliphatic rings. The summed E-state index contributed by atoms with van der Waals surface area (Å²) in [5.41, 5.74) is -0.434. The van der Waals surface area contributed by atoms with Crippen LogP contribution in [0.1, 0.15) is 38.4 Å². The quantitative estimate of drug-likeness (QED) is 0.833. The van der Waals surface area contributed by atoms with Gasteiger partial charge < -0.3 is 14.7 Å². The van der Waals surface area contributed by atoms with Crippen LogP contribution in [0, 0.1) is 0 Å². The molecule has 2 saturated heterocycles. The van der Waals surface area contributed by atoms with Crippen molar-refractivity contribution in [1.82, 2.24) is 24.8 Å². The van der Waals surface area contributed by atoms with E-state index in [1.54, 1.807) is 4.68 Å². The summed E-state index contributed by atoms with van der Waals surface area (Å²) in [4.78, 5) is 16.3. The van der Waals surface area contributed by atoms with Gasteiger partial charge in [-0.05, 0) is 33.2 Å². The number of hydrogen-bond donors (Lipinski definition) is 1. The molecule has 24 heavy (non-hydrogen) atoms. The lowest BCUT2D eigenvalue weighted by molar-refractivity contribution is -0.138. The van der Waals surface area contributed by atoms with Crippen molar-refractivity contribution in [2.45, 2.75) is 38.3 Å². The van der Waals surface area contributed by atoms with Gasteiger partial charge in [0.2, 0.25) is 5.91 Å². The number of carbonyl (C=O) groups is 1. The van der Waals surface area contributed by atoms with Crippen LogP contribution in [0.25, 0.3) is 0 Å². The molecule has 0 aromatic carbocycles. The molecule has 2 aliphatic heterocycles. The Morgan fingerprint density at radius 2 is 2.12 bits per heavy atom. The second-order valence-electron chi connectivity index (χ2n) is 7.02. The van der Waals surface area contributed by atoms with Crippen LogP contribution in [-0.2, 0) is 15.1 Å². The lowest BCUT2D eigenvalue weighted by atomic mass is 9.90. The Labute approximate surface area is 142 Å². The average molecular weight is 337 g/mol. The zero-order valence-corrected chi connectivity index (χ0v) is 14.5. The molecule has 1 amide bonds. The molecule has 1 aromatic heterocycles. The molecule has 2 fully saturated rings. The van der Waals surface area contributed by atoms with E-state index in [1.165, 1.54) is 0 Å². The minimum Gasteiger partial charge on any atom is -0.382 e. The molecule has 0 spiro atoms. The topological polar surface area (TPSA) is 83.7 Å². The van der Waals surface area contributed by atoms with Crippen molar-refractivity contribution in [2.75, 3.05) is 45.9 Å². The van der Waals surface area contributed by atoms with Crippen LogP contribution in [0.4, 0.5) is 0 Å². The van der Waals surface area contributed by atoms with Gasteiger partial charge in [0.25, 0.3) is 0 Å². The van der Waals surface area contributed by atoms with Crippen LogP contribution in [-0.4, -0.2) is 81.7 Å². The molecular formula is C16H27N5O3. The number of hydrogen-bond acceptors (Lipinski definition) is 6. The molecule has 0 bridgehead atoms. The van der Waals surface area contributed by atoms with E-state index in [0.717, 1.165) is 13.0 Å². The number of aliphatic hydroxyl groups is 1. The third-order valence-corrected chi connectivity index (χ3v) is 4.79. The van der Waals surface area contributed by atoms with E-state index in [2.05, 4.69) is 10.3 Å². The minimum absolute atomic E-state index is 0.105. The highest BCUT2D eigenvalue weighted by atomic mass is 16.5. The molecule has 0 aliphatic carbocycles. The number of ether oxygens (including phenoxy) is 1. The molecule has 0 radical (unpaired) electrons. The molecule has 134 valence electrons. The first-order chi connectivity index (χ1) is 11.5. The van der Waals surface area contributed by atoms with E-state index >= 15 is 0 Å². The monoisotopic (exact) mass is 337 g/mol. The summed E-state index contributed by atoms with van der Waals surface area (Å²) in [5.74, 6) is 0.105. The summed E-state index contributed by atoms with van der Waals surface area (Å²) in [5, 5.41) is 19.3. The molecule has 1 aromatic rings. The molecule has 8 heteroatoms. The number of aromatic nitrogens is 3. The highest BCUT2D eigenvalue weighted by Gasteiger charge is 2.38. The summed E-state index contributed by atoms with van der Waals surface area (Å²) in [7, 11) is 0. The van der Waals surface area contributed by atoms with E-state index in [-0.39, 0.29) is 11.9 Å². The Bertz CT molecular complexity index is 570. The third kappa shape index (κ3) is 3.76. The fourth-order valence-corrected chi connectivity index (χ4v) is 3.31. The van der Waals surface area contributed by atoms with Crippen molar-refractivity contribution in [3.05, 3.63) is 11.9 Å². The van der Waals surface area contributed by atoms with Gasteiger partial charge in [0.15, 0.2) is 0 Å². The van der Waals surface area contributed by atoms with Gasteiger partial charge in [0, 0.05) is 25.7 Å². The fourth-order valence-electron chi connectivity index (χ4n) is 3.31. The van der Waals surface area contributed by atoms with Gasteiger partial charge >= 0.3 is 0 Å². The second-order valence-corrected chi connectivity index (χ2v) is 7.02. The molecular weight excluding hydrogens is 310 g/mol. The minimum atomic E-state index is -1.03. The third-order valence-electron chi connectivity index (χ3n) is 4.79. The van der Waals surface area contributed by atoms with E-state index in [4.69, 9.17) is 4.74 Å². The first kappa shape index (κ1) is 17.3. The van der Waals surface area contributed by atoms with Crippen molar-refractivity contribution in [3.8, 4) is 0 Å². The summed E-state index contributed by atoms with van der Waals surface area (Å²) in [6.07, 6.45) is 3.30. The lowest BCUT2D eigenvalue weighted by Gasteiger charge is -2.38. The highest BCUT2D eigenvalue weighted by molar-refractivity contribution is 5.78. The smallest absolute Gasteiger partial charge is 0.236 e. The fraction of sp³-hybridized carbons (Fsp3) is 0.812. The van der Waals surface area contributed by atoms with Gasteiger partial charge in [-0.3, -0.25) is 9.69 Å². The first-order valence-corrected chi connectivity index (χ1v) is 8.70. The van der Waals surface area contributed by atoms with Crippen LogP contribution in [0.5, 0.6) is 0 Å². The molecule has 0 saturated carbocycles. The molecule has 3 rings (SSSR count). The summed E-state index contributed by atoms with van der Waals surface area (Å²) in [6.45, 7) is 8.13. The zero-order valence-electron chi connectivity index (χ0n) is 14.5. The van der Waals surface area contributed by atoms with Crippen molar-refractivity contribution >= 4 is 5.91 Å². The number of carbonyl (C=O) groups excluding carboxylic acids is 1. The van der Waals surface area contributed by atoms with Crippen molar-refractivity contribution in [3.63, 3.8) is 0 Å². The highest BCUT2D eigenvalue weighted by Crippen LogP contribution is 2.30. The van der Waals surface area contributed by atoms with Crippen LogP contribution >= 0.6 is 0 Å². The molecule has 0 unspecified atom stereocenters. The van der Waals surface area contributed by atoms with Crippen LogP contribution in [0.2, 0.25) is 0 Å². The number of likely N-dealkylation sites (tertiary alicyclic amines) is 1. The average Bonchev–Trinajstić information content (AvgIpc) is 3.07. The standard InChI is InChI=1S/C16H27N5O3/c1-13(2)21-10-14(17-18-21)16(23)4-3-5-19(12-16)11-15(22)20-6-8-24-9-7-20/h10,13,23H,3-9,11-12H2,1-2H3/t16-/m1/s1. The largest absolute Gasteiger partial charge is 0.382 e. The Morgan fingerprint density at radius 3 is 2.79 bits per heavy atom. The van der Waals surface area contributed by atoms with E-state index in [0.29, 0.717) is 51.5 Å². The first-order valence-electron chi connectivity index (χ1n) is 8.70. The zero-order chi connectivity index (χ0) is 17.2. The van der Waals surface area contributed by atoms with Gasteiger partial charge in [-0.15, -0.1) is 5.10 Å².